The van der Waals surface area contributed by atoms with Gasteiger partial charge in [-0.3, -0.25) is 4.79 Å². The van der Waals surface area contributed by atoms with E-state index in [1.165, 1.54) is 0 Å². The predicted molar refractivity (Wildman–Crippen MR) is 68.7 cm³/mol. The van der Waals surface area contributed by atoms with Crippen molar-refractivity contribution in [2.24, 2.45) is 5.92 Å². The number of amides is 1. The maximum atomic E-state index is 11.8. The molecule has 5 heteroatoms. The van der Waals surface area contributed by atoms with Gasteiger partial charge in [-0.05, 0) is 46.8 Å². The van der Waals surface area contributed by atoms with E-state index in [1.807, 2.05) is 6.07 Å². The van der Waals surface area contributed by atoms with Crippen molar-refractivity contribution in [3.63, 3.8) is 0 Å². The number of nitrogens with zero attached hydrogens (tertiary/aromatic N) is 1. The van der Waals surface area contributed by atoms with Gasteiger partial charge in [-0.1, -0.05) is 0 Å². The summed E-state index contributed by atoms with van der Waals surface area (Å²) in [6, 6.07) is 3.64. The average molecular weight is 299 g/mol. The van der Waals surface area contributed by atoms with Crippen LogP contribution in [0.25, 0.3) is 0 Å². The number of ether oxygens (including phenoxy) is 1. The highest BCUT2D eigenvalue weighted by molar-refractivity contribution is 9.10. The molecule has 0 saturated carbocycles. The fraction of sp³-hybridized carbons (Fsp3) is 0.500. The van der Waals surface area contributed by atoms with E-state index in [1.54, 1.807) is 12.3 Å². The molecule has 0 radical (unpaired) electrons. The van der Waals surface area contributed by atoms with E-state index in [0.717, 1.165) is 30.5 Å². The third-order valence-corrected chi connectivity index (χ3v) is 3.28. The number of rotatable bonds is 3. The molecule has 1 aliphatic heterocycles. The summed E-state index contributed by atoms with van der Waals surface area (Å²) in [4.78, 5) is 15.9. The summed E-state index contributed by atoms with van der Waals surface area (Å²) in [5, 5.41) is 2.80. The number of carbonyl (C=O) groups is 1. The van der Waals surface area contributed by atoms with E-state index in [-0.39, 0.29) is 5.91 Å². The summed E-state index contributed by atoms with van der Waals surface area (Å²) < 4.78 is 6.17. The average Bonchev–Trinajstić information content (AvgIpc) is 2.33. The Morgan fingerprint density at radius 1 is 1.47 bits per heavy atom. The minimum absolute atomic E-state index is 0.0340. The monoisotopic (exact) mass is 298 g/mol. The lowest BCUT2D eigenvalue weighted by Crippen LogP contribution is -2.22. The first-order valence-electron chi connectivity index (χ1n) is 5.73. The molecule has 1 amide bonds. The van der Waals surface area contributed by atoms with Gasteiger partial charge in [0.05, 0.1) is 0 Å². The number of halogens is 1. The molecule has 92 valence electrons. The first-order valence-corrected chi connectivity index (χ1v) is 6.52. The van der Waals surface area contributed by atoms with Crippen molar-refractivity contribution in [1.29, 1.82) is 0 Å². The summed E-state index contributed by atoms with van der Waals surface area (Å²) in [5.41, 5.74) is 0. The lowest BCUT2D eigenvalue weighted by Gasteiger charge is -2.21. The Morgan fingerprint density at radius 3 is 2.88 bits per heavy atom. The molecule has 17 heavy (non-hydrogen) atoms. The van der Waals surface area contributed by atoms with E-state index in [0.29, 0.717) is 18.2 Å². The number of nitrogens with one attached hydrogen (secondary N) is 1. The molecule has 1 fully saturated rings. The topological polar surface area (TPSA) is 51.2 Å². The highest BCUT2D eigenvalue weighted by atomic mass is 79.9. The highest BCUT2D eigenvalue weighted by Crippen LogP contribution is 2.19. The van der Waals surface area contributed by atoms with Gasteiger partial charge < -0.3 is 10.1 Å². The molecule has 2 rings (SSSR count). The molecule has 1 N–H and O–H groups in total. The number of anilines is 1. The van der Waals surface area contributed by atoms with Gasteiger partial charge in [-0.25, -0.2) is 4.98 Å². The first kappa shape index (κ1) is 12.5. The first-order chi connectivity index (χ1) is 8.24. The third kappa shape index (κ3) is 4.09. The quantitative estimate of drug-likeness (QED) is 0.933. The Labute approximate surface area is 109 Å². The van der Waals surface area contributed by atoms with Crippen LogP contribution in [0.2, 0.25) is 0 Å². The molecule has 0 unspecified atom stereocenters. The minimum atomic E-state index is 0.0340. The molecule has 0 aromatic carbocycles. The number of carbonyl (C=O) groups excluding carboxylic acids is 1. The SMILES string of the molecule is O=C(CC1CCOCC1)Nc1ccc(Br)cn1. The number of pyridine rings is 1. The van der Waals surface area contributed by atoms with Crippen LogP contribution in [0.5, 0.6) is 0 Å². The van der Waals surface area contributed by atoms with Crippen LogP contribution in [0.1, 0.15) is 19.3 Å². The number of hydrogen-bond acceptors (Lipinski definition) is 3. The lowest BCUT2D eigenvalue weighted by molar-refractivity contribution is -0.117. The summed E-state index contributed by atoms with van der Waals surface area (Å²) in [5.74, 6) is 1.08. The van der Waals surface area contributed by atoms with Crippen LogP contribution in [0.3, 0.4) is 0 Å². The Bertz CT molecular complexity index is 375. The van der Waals surface area contributed by atoms with Gasteiger partial charge in [0, 0.05) is 30.3 Å². The van der Waals surface area contributed by atoms with Crippen molar-refractivity contribution in [1.82, 2.24) is 4.98 Å². The second-order valence-electron chi connectivity index (χ2n) is 4.17. The van der Waals surface area contributed by atoms with Gasteiger partial charge in [0.2, 0.25) is 5.91 Å². The zero-order chi connectivity index (χ0) is 12.1. The van der Waals surface area contributed by atoms with Crippen molar-refractivity contribution >= 4 is 27.7 Å². The second-order valence-corrected chi connectivity index (χ2v) is 5.09. The van der Waals surface area contributed by atoms with Crippen molar-refractivity contribution in [2.45, 2.75) is 19.3 Å². The molecule has 1 aliphatic rings. The summed E-state index contributed by atoms with van der Waals surface area (Å²) in [7, 11) is 0. The van der Waals surface area contributed by atoms with Gasteiger partial charge in [-0.15, -0.1) is 0 Å². The van der Waals surface area contributed by atoms with Crippen LogP contribution in [0.4, 0.5) is 5.82 Å². The zero-order valence-corrected chi connectivity index (χ0v) is 11.1. The molecule has 4 nitrogen and oxygen atoms in total. The van der Waals surface area contributed by atoms with E-state index < -0.39 is 0 Å². The maximum Gasteiger partial charge on any atom is 0.225 e. The molecule has 0 atom stereocenters. The van der Waals surface area contributed by atoms with Crippen LogP contribution >= 0.6 is 15.9 Å². The summed E-state index contributed by atoms with van der Waals surface area (Å²) >= 11 is 3.30. The molecular weight excluding hydrogens is 284 g/mol. The zero-order valence-electron chi connectivity index (χ0n) is 9.49. The van der Waals surface area contributed by atoms with Crippen LogP contribution in [0, 0.1) is 5.92 Å². The van der Waals surface area contributed by atoms with E-state index >= 15 is 0 Å². The maximum absolute atomic E-state index is 11.8. The lowest BCUT2D eigenvalue weighted by atomic mass is 9.96. The van der Waals surface area contributed by atoms with Gasteiger partial charge in [0.15, 0.2) is 0 Å². The third-order valence-electron chi connectivity index (χ3n) is 2.81. The van der Waals surface area contributed by atoms with Gasteiger partial charge in [0.1, 0.15) is 5.82 Å². The largest absolute Gasteiger partial charge is 0.381 e. The normalized spacial score (nSPS) is 16.8. The molecule has 1 aromatic heterocycles. The van der Waals surface area contributed by atoms with Crippen molar-refractivity contribution in [3.05, 3.63) is 22.8 Å². The molecule has 1 saturated heterocycles. The highest BCUT2D eigenvalue weighted by Gasteiger charge is 2.17. The molecule has 0 aliphatic carbocycles. The fourth-order valence-electron chi connectivity index (χ4n) is 1.86. The Morgan fingerprint density at radius 2 is 2.24 bits per heavy atom. The molecular formula is C12H15BrN2O2. The number of hydrogen-bond donors (Lipinski definition) is 1. The minimum Gasteiger partial charge on any atom is -0.381 e. The summed E-state index contributed by atoms with van der Waals surface area (Å²) in [6.45, 7) is 1.54. The van der Waals surface area contributed by atoms with Crippen molar-refractivity contribution in [3.8, 4) is 0 Å². The van der Waals surface area contributed by atoms with Crippen molar-refractivity contribution < 1.29 is 9.53 Å². The predicted octanol–water partition coefficient (Wildman–Crippen LogP) is 2.60. The molecule has 0 bridgehead atoms. The van der Waals surface area contributed by atoms with Crippen LogP contribution in [-0.2, 0) is 9.53 Å². The molecule has 2 heterocycles. The fourth-order valence-corrected chi connectivity index (χ4v) is 2.09. The van der Waals surface area contributed by atoms with E-state index in [9.17, 15) is 4.79 Å². The Hall–Kier alpha value is -0.940. The Balaban J connectivity index is 1.82. The van der Waals surface area contributed by atoms with Gasteiger partial charge >= 0.3 is 0 Å². The van der Waals surface area contributed by atoms with Crippen LogP contribution in [-0.4, -0.2) is 24.1 Å². The second kappa shape index (κ2) is 6.12. The molecule has 1 aromatic rings. The smallest absolute Gasteiger partial charge is 0.225 e. The number of aromatic nitrogens is 1. The Kier molecular flexibility index (Phi) is 4.50. The van der Waals surface area contributed by atoms with E-state index in [2.05, 4.69) is 26.2 Å². The van der Waals surface area contributed by atoms with Gasteiger partial charge in [0.25, 0.3) is 0 Å². The standard InChI is InChI=1S/C12H15BrN2O2/c13-10-1-2-11(14-8-10)15-12(16)7-9-3-5-17-6-4-9/h1-2,8-9H,3-7H2,(H,14,15,16). The van der Waals surface area contributed by atoms with Gasteiger partial charge in [-0.2, -0.15) is 0 Å². The van der Waals surface area contributed by atoms with Crippen LogP contribution in [0.15, 0.2) is 22.8 Å². The van der Waals surface area contributed by atoms with E-state index in [4.69, 9.17) is 4.74 Å². The molecule has 0 spiro atoms. The van der Waals surface area contributed by atoms with Crippen molar-refractivity contribution in [2.75, 3.05) is 18.5 Å². The van der Waals surface area contributed by atoms with Crippen LogP contribution < -0.4 is 5.32 Å². The summed E-state index contributed by atoms with van der Waals surface area (Å²) in [6.07, 6.45) is 4.17.